The number of nitrogens with zero attached hydrogens (tertiary/aromatic N) is 2. The van der Waals surface area contributed by atoms with Gasteiger partial charge in [0.25, 0.3) is 16.0 Å². The molecule has 0 atom stereocenters. The Bertz CT molecular complexity index is 1710. The van der Waals surface area contributed by atoms with Crippen LogP contribution < -0.4 is 10.1 Å². The number of azo groups is 1. The molecule has 0 saturated carbocycles. The Balaban J connectivity index is 1.78. The second-order valence-corrected chi connectivity index (χ2v) is 10.3. The van der Waals surface area contributed by atoms with Crippen molar-refractivity contribution in [3.8, 4) is 11.5 Å². The van der Waals surface area contributed by atoms with E-state index in [1.807, 2.05) is 0 Å². The Morgan fingerprint density at radius 2 is 1.79 bits per heavy atom. The molecule has 9 nitrogen and oxygen atoms in total. The SMILES string of the molecule is CCOc1cc(Cl)ccc1NC(=O)c1cc2ccccc2c(N=Nc2cc(Cl)c(S(=O)(=O)O)cc2C)c1O. The molecule has 0 radical (unpaired) electrons. The molecule has 0 fully saturated rings. The third kappa shape index (κ3) is 5.73. The van der Waals surface area contributed by atoms with Gasteiger partial charge in [-0.05, 0) is 55.1 Å². The number of phenolic OH excluding ortho intramolecular Hbond substituents is 1. The number of anilines is 1. The molecule has 12 heteroatoms. The number of hydrogen-bond acceptors (Lipinski definition) is 7. The van der Waals surface area contributed by atoms with Gasteiger partial charge in [0, 0.05) is 16.5 Å². The minimum absolute atomic E-state index is 0.0174. The molecule has 38 heavy (non-hydrogen) atoms. The molecule has 0 spiro atoms. The van der Waals surface area contributed by atoms with E-state index in [9.17, 15) is 22.9 Å². The first-order valence-electron chi connectivity index (χ1n) is 11.2. The van der Waals surface area contributed by atoms with Crippen LogP contribution in [-0.4, -0.2) is 30.6 Å². The number of fused-ring (bicyclic) bond motifs is 1. The first kappa shape index (κ1) is 27.3. The predicted molar refractivity (Wildman–Crippen MR) is 146 cm³/mol. The molecule has 4 aromatic carbocycles. The average Bonchev–Trinajstić information content (AvgIpc) is 2.86. The summed E-state index contributed by atoms with van der Waals surface area (Å²) >= 11 is 12.1. The van der Waals surface area contributed by atoms with Crippen molar-refractivity contribution in [1.82, 2.24) is 0 Å². The molecule has 0 aliphatic heterocycles. The lowest BCUT2D eigenvalue weighted by molar-refractivity contribution is 0.102. The van der Waals surface area contributed by atoms with Crippen LogP contribution in [0.3, 0.4) is 0 Å². The fourth-order valence-electron chi connectivity index (χ4n) is 3.71. The summed E-state index contributed by atoms with van der Waals surface area (Å²) in [4.78, 5) is 12.8. The molecule has 0 heterocycles. The maximum absolute atomic E-state index is 13.2. The summed E-state index contributed by atoms with van der Waals surface area (Å²) in [5.41, 5.74) is 0.870. The quantitative estimate of drug-likeness (QED) is 0.155. The van der Waals surface area contributed by atoms with Crippen molar-refractivity contribution in [1.29, 1.82) is 0 Å². The highest BCUT2D eigenvalue weighted by molar-refractivity contribution is 7.86. The number of aryl methyl sites for hydroxylation is 1. The van der Waals surface area contributed by atoms with Crippen LogP contribution in [0.4, 0.5) is 17.1 Å². The summed E-state index contributed by atoms with van der Waals surface area (Å²) in [6, 6.07) is 15.6. The summed E-state index contributed by atoms with van der Waals surface area (Å²) in [6.07, 6.45) is 0. The van der Waals surface area contributed by atoms with E-state index < -0.39 is 26.7 Å². The van der Waals surface area contributed by atoms with E-state index in [0.717, 1.165) is 6.07 Å². The number of carbonyl (C=O) groups is 1. The predicted octanol–water partition coefficient (Wildman–Crippen LogP) is 7.47. The Morgan fingerprint density at radius 3 is 2.50 bits per heavy atom. The molecular weight excluding hydrogens is 553 g/mol. The zero-order valence-corrected chi connectivity index (χ0v) is 22.4. The number of halogens is 2. The first-order chi connectivity index (χ1) is 18.0. The van der Waals surface area contributed by atoms with Crippen molar-refractivity contribution >= 4 is 67.1 Å². The largest absolute Gasteiger partial charge is 0.505 e. The molecule has 196 valence electrons. The van der Waals surface area contributed by atoms with Crippen LogP contribution in [-0.2, 0) is 10.1 Å². The fraction of sp³-hybridized carbons (Fsp3) is 0.115. The second kappa shape index (κ2) is 11.0. The highest BCUT2D eigenvalue weighted by Gasteiger charge is 2.21. The lowest BCUT2D eigenvalue weighted by atomic mass is 10.0. The molecule has 4 aromatic rings. The van der Waals surface area contributed by atoms with Gasteiger partial charge in [-0.15, -0.1) is 5.11 Å². The number of phenols is 1. The minimum atomic E-state index is -4.53. The minimum Gasteiger partial charge on any atom is -0.505 e. The van der Waals surface area contributed by atoms with E-state index in [-0.39, 0.29) is 22.0 Å². The van der Waals surface area contributed by atoms with E-state index in [0.29, 0.717) is 39.4 Å². The van der Waals surface area contributed by atoms with Crippen LogP contribution in [0, 0.1) is 6.92 Å². The maximum atomic E-state index is 13.2. The summed E-state index contributed by atoms with van der Waals surface area (Å²) in [5.74, 6) is -0.672. The van der Waals surface area contributed by atoms with Gasteiger partial charge in [-0.1, -0.05) is 47.5 Å². The molecule has 1 amide bonds. The van der Waals surface area contributed by atoms with Crippen LogP contribution in [0.2, 0.25) is 10.0 Å². The van der Waals surface area contributed by atoms with Gasteiger partial charge in [0.15, 0.2) is 5.75 Å². The fourth-order valence-corrected chi connectivity index (χ4v) is 4.95. The summed E-state index contributed by atoms with van der Waals surface area (Å²) < 4.78 is 38.0. The lowest BCUT2D eigenvalue weighted by Gasteiger charge is -2.14. The van der Waals surface area contributed by atoms with Gasteiger partial charge in [-0.2, -0.15) is 13.5 Å². The number of benzene rings is 4. The highest BCUT2D eigenvalue weighted by Crippen LogP contribution is 2.41. The molecule has 3 N–H and O–H groups in total. The molecule has 0 aliphatic carbocycles. The monoisotopic (exact) mass is 573 g/mol. The van der Waals surface area contributed by atoms with Crippen molar-refractivity contribution in [2.45, 2.75) is 18.7 Å². The topological polar surface area (TPSA) is 138 Å². The van der Waals surface area contributed by atoms with Gasteiger partial charge in [-0.3, -0.25) is 9.35 Å². The number of carbonyl (C=O) groups excluding carboxylic acids is 1. The maximum Gasteiger partial charge on any atom is 0.296 e. The van der Waals surface area contributed by atoms with Crippen molar-refractivity contribution in [3.63, 3.8) is 0 Å². The van der Waals surface area contributed by atoms with Crippen molar-refractivity contribution in [3.05, 3.63) is 81.8 Å². The Labute approximate surface area is 228 Å². The van der Waals surface area contributed by atoms with E-state index in [2.05, 4.69) is 15.5 Å². The van der Waals surface area contributed by atoms with Gasteiger partial charge >= 0.3 is 0 Å². The first-order valence-corrected chi connectivity index (χ1v) is 13.4. The van der Waals surface area contributed by atoms with Gasteiger partial charge < -0.3 is 15.2 Å². The van der Waals surface area contributed by atoms with Gasteiger partial charge in [0.2, 0.25) is 0 Å². The summed E-state index contributed by atoms with van der Waals surface area (Å²) in [5, 5.41) is 23.5. The van der Waals surface area contributed by atoms with Crippen LogP contribution in [0.25, 0.3) is 10.8 Å². The number of amides is 1. The average molecular weight is 574 g/mol. The smallest absolute Gasteiger partial charge is 0.296 e. The molecule has 0 unspecified atom stereocenters. The molecule has 0 saturated heterocycles. The molecule has 0 bridgehead atoms. The number of nitrogens with one attached hydrogen (secondary N) is 1. The Hall–Kier alpha value is -3.70. The van der Waals surface area contributed by atoms with Crippen molar-refractivity contribution < 1.29 is 27.6 Å². The third-order valence-corrected chi connectivity index (χ3v) is 7.07. The normalized spacial score (nSPS) is 11.7. The van der Waals surface area contributed by atoms with Crippen LogP contribution in [0.15, 0.2) is 75.8 Å². The van der Waals surface area contributed by atoms with E-state index in [1.165, 1.54) is 12.1 Å². The summed E-state index contributed by atoms with van der Waals surface area (Å²) in [7, 11) is -4.53. The number of rotatable bonds is 7. The van der Waals surface area contributed by atoms with E-state index in [1.54, 1.807) is 56.3 Å². The van der Waals surface area contributed by atoms with Crippen LogP contribution >= 0.6 is 23.2 Å². The van der Waals surface area contributed by atoms with Crippen molar-refractivity contribution in [2.75, 3.05) is 11.9 Å². The van der Waals surface area contributed by atoms with Gasteiger partial charge in [-0.25, -0.2) is 0 Å². The molecule has 4 rings (SSSR count). The lowest BCUT2D eigenvalue weighted by Crippen LogP contribution is -2.13. The third-order valence-electron chi connectivity index (χ3n) is 5.52. The zero-order valence-electron chi connectivity index (χ0n) is 20.1. The Morgan fingerprint density at radius 1 is 1.05 bits per heavy atom. The number of hydrogen-bond donors (Lipinski definition) is 3. The second-order valence-electron chi connectivity index (χ2n) is 8.11. The number of ether oxygens (including phenoxy) is 1. The van der Waals surface area contributed by atoms with E-state index in [4.69, 9.17) is 27.9 Å². The zero-order chi connectivity index (χ0) is 27.6. The van der Waals surface area contributed by atoms with Gasteiger partial charge in [0.05, 0.1) is 28.6 Å². The van der Waals surface area contributed by atoms with Crippen molar-refractivity contribution in [2.24, 2.45) is 10.2 Å². The summed E-state index contributed by atoms with van der Waals surface area (Å²) in [6.45, 7) is 3.71. The molecule has 0 aromatic heterocycles. The van der Waals surface area contributed by atoms with Gasteiger partial charge in [0.1, 0.15) is 16.3 Å². The van der Waals surface area contributed by atoms with E-state index >= 15 is 0 Å². The standard InChI is InChI=1S/C26H21Cl2N3O6S/c1-3-37-22-12-16(27)8-9-20(22)29-26(33)18-11-15-6-4-5-7-17(15)24(25(18)32)31-30-21-13-19(28)23(10-14(21)2)38(34,35)36/h4-13,32H,3H2,1-2H3,(H,29,33)(H,34,35,36). The Kier molecular flexibility index (Phi) is 7.89. The van der Waals surface area contributed by atoms with Crippen LogP contribution in [0.1, 0.15) is 22.8 Å². The molecular formula is C26H21Cl2N3O6S. The number of aromatic hydroxyl groups is 1. The highest BCUT2D eigenvalue weighted by atomic mass is 35.5. The van der Waals surface area contributed by atoms with Crippen LogP contribution in [0.5, 0.6) is 11.5 Å². The molecule has 0 aliphatic rings.